The quantitative estimate of drug-likeness (QED) is 0.664. The molecule has 0 aliphatic carbocycles. The molecule has 0 aromatic heterocycles. The predicted molar refractivity (Wildman–Crippen MR) is 49.7 cm³/mol. The topological polar surface area (TPSA) is 0 Å². The van der Waals surface area contributed by atoms with Gasteiger partial charge < -0.3 is 0 Å². The third kappa shape index (κ3) is 2.66. The molecule has 1 rings (SSSR count). The lowest BCUT2D eigenvalue weighted by Crippen LogP contribution is -1.87. The first-order valence-corrected chi connectivity index (χ1v) is 5.27. The van der Waals surface area contributed by atoms with E-state index >= 15 is 0 Å². The van der Waals surface area contributed by atoms with Crippen molar-refractivity contribution in [3.05, 3.63) is 29.8 Å². The summed E-state index contributed by atoms with van der Waals surface area (Å²) in [6, 6.07) is 5.40. The van der Waals surface area contributed by atoms with Crippen molar-refractivity contribution in [2.24, 2.45) is 0 Å². The third-order valence-corrected chi connectivity index (χ3v) is 2.62. The fraction of sp³-hybridized carbons (Fsp3) is 0.333. The highest BCUT2D eigenvalue weighted by Crippen LogP contribution is 2.60. The summed E-state index contributed by atoms with van der Waals surface area (Å²) in [4.78, 5) is -0.503. The van der Waals surface area contributed by atoms with Gasteiger partial charge in [0, 0.05) is 0 Å². The summed E-state index contributed by atoms with van der Waals surface area (Å²) in [7, 11) is 0. The number of halogens is 3. The van der Waals surface area contributed by atoms with Gasteiger partial charge in [-0.3, -0.25) is 0 Å². The Bertz CT molecular complexity index is 274. The van der Waals surface area contributed by atoms with Crippen LogP contribution >= 0.6 is 11.2 Å². The van der Waals surface area contributed by atoms with Crippen LogP contribution in [0.1, 0.15) is 25.3 Å². The van der Waals surface area contributed by atoms with Gasteiger partial charge in [-0.1, -0.05) is 26.0 Å². The lowest BCUT2D eigenvalue weighted by molar-refractivity contribution is 0.633. The molecule has 0 bridgehead atoms. The molecule has 0 unspecified atom stereocenters. The van der Waals surface area contributed by atoms with Gasteiger partial charge in [0.05, 0.1) is 4.90 Å². The van der Waals surface area contributed by atoms with E-state index in [-0.39, 0.29) is 5.92 Å². The number of benzene rings is 1. The smallest absolute Gasteiger partial charge is 0.120 e. The second-order valence-corrected chi connectivity index (χ2v) is 4.41. The van der Waals surface area contributed by atoms with Crippen LogP contribution < -0.4 is 0 Å². The second kappa shape index (κ2) is 3.62. The highest BCUT2D eigenvalue weighted by Gasteiger charge is 2.23. The summed E-state index contributed by atoms with van der Waals surface area (Å²) in [5.74, 6) is 0.275. The molecule has 0 saturated carbocycles. The molecule has 0 aliphatic heterocycles. The van der Waals surface area contributed by atoms with E-state index in [2.05, 4.69) is 0 Å². The van der Waals surface area contributed by atoms with E-state index in [1.54, 1.807) is 12.1 Å². The van der Waals surface area contributed by atoms with Crippen LogP contribution in [0.3, 0.4) is 0 Å². The summed E-state index contributed by atoms with van der Waals surface area (Å²) in [6.45, 7) is 3.91. The van der Waals surface area contributed by atoms with E-state index < -0.39 is 16.1 Å². The van der Waals surface area contributed by atoms with Crippen LogP contribution in [0.5, 0.6) is 0 Å². The molecule has 0 saturated heterocycles. The Balaban J connectivity index is 2.94. The molecule has 4 heteroatoms. The van der Waals surface area contributed by atoms with Crippen molar-refractivity contribution < 1.29 is 11.7 Å². The maximum Gasteiger partial charge on any atom is 0.237 e. The fourth-order valence-electron chi connectivity index (χ4n) is 1.01. The highest BCUT2D eigenvalue weighted by atomic mass is 32.3. The average molecular weight is 208 g/mol. The van der Waals surface area contributed by atoms with Crippen LogP contribution in [0.2, 0.25) is 0 Å². The Labute approximate surface area is 78.0 Å². The van der Waals surface area contributed by atoms with Crippen LogP contribution in [-0.4, -0.2) is 0 Å². The summed E-state index contributed by atoms with van der Waals surface area (Å²) in [5, 5.41) is 0. The Morgan fingerprint density at radius 3 is 1.77 bits per heavy atom. The van der Waals surface area contributed by atoms with Crippen molar-refractivity contribution in [1.82, 2.24) is 0 Å². The molecule has 0 fully saturated rings. The Kier molecular flexibility index (Phi) is 2.91. The summed E-state index contributed by atoms with van der Waals surface area (Å²) >= 11 is -5.05. The molecule has 13 heavy (non-hydrogen) atoms. The van der Waals surface area contributed by atoms with Crippen molar-refractivity contribution in [1.29, 1.82) is 0 Å². The van der Waals surface area contributed by atoms with Crippen LogP contribution in [0, 0.1) is 0 Å². The molecule has 74 valence electrons. The van der Waals surface area contributed by atoms with E-state index in [0.717, 1.165) is 17.7 Å². The van der Waals surface area contributed by atoms with Gasteiger partial charge in [0.15, 0.2) is 0 Å². The molecule has 0 aliphatic rings. The van der Waals surface area contributed by atoms with Crippen molar-refractivity contribution in [3.8, 4) is 0 Å². The molecule has 0 N–H and O–H groups in total. The van der Waals surface area contributed by atoms with Crippen molar-refractivity contribution in [2.75, 3.05) is 0 Å². The first-order valence-electron chi connectivity index (χ1n) is 3.93. The monoisotopic (exact) mass is 208 g/mol. The fourth-order valence-corrected chi connectivity index (χ4v) is 1.45. The minimum absolute atomic E-state index is 0.275. The van der Waals surface area contributed by atoms with E-state index in [4.69, 9.17) is 0 Å². The minimum Gasteiger partial charge on any atom is -0.120 e. The Hall–Kier alpha value is -0.640. The molecule has 0 spiro atoms. The largest absolute Gasteiger partial charge is 0.237 e. The van der Waals surface area contributed by atoms with Gasteiger partial charge in [0.1, 0.15) is 0 Å². The van der Waals surface area contributed by atoms with Crippen molar-refractivity contribution in [2.45, 2.75) is 24.7 Å². The maximum absolute atomic E-state index is 12.2. The molecule has 1 aromatic carbocycles. The first kappa shape index (κ1) is 10.4. The van der Waals surface area contributed by atoms with E-state index in [1.165, 1.54) is 0 Å². The van der Waals surface area contributed by atoms with Gasteiger partial charge in [0.25, 0.3) is 0 Å². The third-order valence-electron chi connectivity index (χ3n) is 1.81. The SMILES string of the molecule is CC(C)c1ccc(S(F)(F)F)cc1. The molecule has 0 atom stereocenters. The van der Waals surface area contributed by atoms with Crippen molar-refractivity contribution >= 4 is 11.2 Å². The van der Waals surface area contributed by atoms with Crippen LogP contribution in [-0.2, 0) is 0 Å². The highest BCUT2D eigenvalue weighted by molar-refractivity contribution is 8.20. The summed E-state index contributed by atoms with van der Waals surface area (Å²) < 4.78 is 36.6. The summed E-state index contributed by atoms with van der Waals surface area (Å²) in [6.07, 6.45) is 0. The zero-order valence-corrected chi connectivity index (χ0v) is 8.25. The average Bonchev–Trinajstić information content (AvgIpc) is 2.03. The van der Waals surface area contributed by atoms with E-state index in [1.807, 2.05) is 13.8 Å². The van der Waals surface area contributed by atoms with Crippen LogP contribution in [0.4, 0.5) is 11.7 Å². The lowest BCUT2D eigenvalue weighted by Gasteiger charge is -2.11. The number of hydrogen-bond donors (Lipinski definition) is 0. The standard InChI is InChI=1S/C9H11F3S/c1-7(2)8-3-5-9(6-4-8)13(10,11)12/h3-7H,1-2H3. The molecule has 0 radical (unpaired) electrons. The van der Waals surface area contributed by atoms with Gasteiger partial charge in [0.2, 0.25) is 11.2 Å². The minimum atomic E-state index is -5.05. The molecule has 0 amide bonds. The van der Waals surface area contributed by atoms with Gasteiger partial charge in [-0.25, -0.2) is 0 Å². The second-order valence-electron chi connectivity index (χ2n) is 3.13. The molecular formula is C9H11F3S. The van der Waals surface area contributed by atoms with Gasteiger partial charge >= 0.3 is 0 Å². The number of hydrogen-bond acceptors (Lipinski definition) is 0. The normalized spacial score (nSPS) is 13.4. The zero-order chi connectivity index (χ0) is 10.1. The van der Waals surface area contributed by atoms with E-state index in [9.17, 15) is 11.7 Å². The molecule has 1 aromatic rings. The first-order chi connectivity index (χ1) is 5.91. The molecule has 0 heterocycles. The van der Waals surface area contributed by atoms with Gasteiger partial charge in [-0.2, -0.15) is 0 Å². The van der Waals surface area contributed by atoms with Crippen LogP contribution in [0.15, 0.2) is 29.2 Å². The molecule has 0 nitrogen and oxygen atoms in total. The van der Waals surface area contributed by atoms with E-state index in [0.29, 0.717) is 0 Å². The Morgan fingerprint density at radius 2 is 1.46 bits per heavy atom. The van der Waals surface area contributed by atoms with Crippen LogP contribution in [0.25, 0.3) is 0 Å². The van der Waals surface area contributed by atoms with Gasteiger partial charge in [-0.05, 0) is 23.6 Å². The maximum atomic E-state index is 12.2. The Morgan fingerprint density at radius 1 is 1.00 bits per heavy atom. The van der Waals surface area contributed by atoms with Crippen molar-refractivity contribution in [3.63, 3.8) is 0 Å². The predicted octanol–water partition coefficient (Wildman–Crippen LogP) is 4.63. The molecular weight excluding hydrogens is 197 g/mol. The lowest BCUT2D eigenvalue weighted by atomic mass is 10.0. The van der Waals surface area contributed by atoms with Gasteiger partial charge in [-0.15, -0.1) is 11.7 Å². The number of rotatable bonds is 2. The summed E-state index contributed by atoms with van der Waals surface area (Å²) in [5.41, 5.74) is 0.937. The zero-order valence-electron chi connectivity index (χ0n) is 7.43.